The first-order valence-corrected chi connectivity index (χ1v) is 8.37. The summed E-state index contributed by atoms with van der Waals surface area (Å²) in [4.78, 5) is 16.5. The normalized spacial score (nSPS) is 20.6. The molecule has 23 heavy (non-hydrogen) atoms. The molecular weight excluding hydrogens is 360 g/mol. The van der Waals surface area contributed by atoms with Gasteiger partial charge in [0.2, 0.25) is 5.95 Å². The van der Waals surface area contributed by atoms with Crippen molar-refractivity contribution in [3.63, 3.8) is 0 Å². The van der Waals surface area contributed by atoms with Crippen LogP contribution in [0.4, 0.5) is 5.95 Å². The van der Waals surface area contributed by atoms with E-state index in [4.69, 9.17) is 10.5 Å². The molecule has 0 unspecified atom stereocenters. The Labute approximate surface area is 143 Å². The number of rotatable bonds is 5. The minimum atomic E-state index is -0.443. The van der Waals surface area contributed by atoms with Gasteiger partial charge in [-0.2, -0.15) is 0 Å². The molecule has 122 valence electrons. The lowest BCUT2D eigenvalue weighted by molar-refractivity contribution is -0.126. The maximum atomic E-state index is 12.3. The van der Waals surface area contributed by atoms with Crippen molar-refractivity contribution < 1.29 is 9.53 Å². The summed E-state index contributed by atoms with van der Waals surface area (Å²) >= 11 is 3.42. The third-order valence-electron chi connectivity index (χ3n) is 3.88. The predicted octanol–water partition coefficient (Wildman–Crippen LogP) is 2.14. The van der Waals surface area contributed by atoms with Crippen molar-refractivity contribution in [3.05, 3.63) is 46.7 Å². The number of halogens is 1. The molecule has 6 nitrogen and oxygen atoms in total. The van der Waals surface area contributed by atoms with Crippen molar-refractivity contribution >= 4 is 27.8 Å². The van der Waals surface area contributed by atoms with Gasteiger partial charge in [-0.3, -0.25) is 10.1 Å². The number of imidazole rings is 1. The summed E-state index contributed by atoms with van der Waals surface area (Å²) in [6.45, 7) is 1.09. The quantitative estimate of drug-likeness (QED) is 0.834. The fourth-order valence-corrected chi connectivity index (χ4v) is 2.87. The lowest BCUT2D eigenvalue weighted by Gasteiger charge is -2.13. The van der Waals surface area contributed by atoms with E-state index in [1.807, 2.05) is 35.0 Å². The van der Waals surface area contributed by atoms with Crippen molar-refractivity contribution in [1.29, 1.82) is 0 Å². The van der Waals surface area contributed by atoms with E-state index in [1.54, 1.807) is 6.20 Å². The van der Waals surface area contributed by atoms with Crippen molar-refractivity contribution in [1.82, 2.24) is 9.55 Å². The van der Waals surface area contributed by atoms with Gasteiger partial charge in [-0.25, -0.2) is 4.98 Å². The van der Waals surface area contributed by atoms with Gasteiger partial charge in [0.15, 0.2) is 0 Å². The molecule has 1 amide bonds. The molecule has 2 heterocycles. The maximum Gasteiger partial charge on any atom is 0.255 e. The number of ether oxygens (including phenoxy) is 1. The molecule has 1 aliphatic heterocycles. The molecule has 0 spiro atoms. The van der Waals surface area contributed by atoms with Crippen LogP contribution in [0, 0.1) is 0 Å². The molecule has 7 heteroatoms. The number of nitrogens with zero attached hydrogens (tertiary/aromatic N) is 2. The molecule has 3 N–H and O–H groups in total. The van der Waals surface area contributed by atoms with Gasteiger partial charge in [-0.15, -0.1) is 0 Å². The Balaban J connectivity index is 1.64. The lowest BCUT2D eigenvalue weighted by Crippen LogP contribution is -2.30. The van der Waals surface area contributed by atoms with E-state index in [1.165, 1.54) is 0 Å². The van der Waals surface area contributed by atoms with Gasteiger partial charge in [-0.1, -0.05) is 28.1 Å². The van der Waals surface area contributed by atoms with E-state index in [2.05, 4.69) is 26.2 Å². The average molecular weight is 379 g/mol. The fraction of sp³-hybridized carbons (Fsp3) is 0.375. The second kappa shape index (κ2) is 7.25. The predicted molar refractivity (Wildman–Crippen MR) is 91.1 cm³/mol. The van der Waals surface area contributed by atoms with Gasteiger partial charge in [0.25, 0.3) is 5.91 Å². The molecule has 1 aromatic carbocycles. The number of amides is 1. The molecule has 1 aromatic heterocycles. The molecule has 1 aliphatic rings. The number of hydrogen-bond acceptors (Lipinski definition) is 4. The molecular formula is C16H19BrN4O2. The molecule has 1 saturated heterocycles. The van der Waals surface area contributed by atoms with E-state index >= 15 is 0 Å². The monoisotopic (exact) mass is 378 g/mol. The number of carbonyl (C=O) groups excluding carboxylic acids is 1. The highest BCUT2D eigenvalue weighted by Crippen LogP contribution is 2.20. The van der Waals surface area contributed by atoms with Crippen LogP contribution in [0.15, 0.2) is 41.1 Å². The highest BCUT2D eigenvalue weighted by molar-refractivity contribution is 9.10. The third-order valence-corrected chi connectivity index (χ3v) is 4.41. The molecule has 2 aromatic rings. The number of nitrogens with one attached hydrogen (secondary N) is 1. The van der Waals surface area contributed by atoms with Gasteiger partial charge in [-0.05, 0) is 30.5 Å². The number of carbonyl (C=O) groups is 1. The van der Waals surface area contributed by atoms with Gasteiger partial charge >= 0.3 is 0 Å². The highest BCUT2D eigenvalue weighted by Gasteiger charge is 2.30. The van der Waals surface area contributed by atoms with Gasteiger partial charge < -0.3 is 15.0 Å². The number of anilines is 1. The minimum absolute atomic E-state index is 0.0201. The van der Waals surface area contributed by atoms with Crippen LogP contribution in [-0.2, 0) is 16.1 Å². The van der Waals surface area contributed by atoms with Gasteiger partial charge in [0.05, 0.1) is 12.6 Å². The van der Waals surface area contributed by atoms with Crippen molar-refractivity contribution in [2.24, 2.45) is 5.73 Å². The first kappa shape index (κ1) is 16.2. The molecule has 0 radical (unpaired) electrons. The first-order valence-electron chi connectivity index (χ1n) is 7.57. The third kappa shape index (κ3) is 3.99. The van der Waals surface area contributed by atoms with Gasteiger partial charge in [0, 0.05) is 23.4 Å². The first-order chi connectivity index (χ1) is 11.2. The number of hydrogen-bond donors (Lipinski definition) is 2. The summed E-state index contributed by atoms with van der Waals surface area (Å²) in [6, 6.07) is 8.04. The van der Waals surface area contributed by atoms with Crippen LogP contribution in [0.25, 0.3) is 0 Å². The topological polar surface area (TPSA) is 82.2 Å². The Morgan fingerprint density at radius 1 is 1.39 bits per heavy atom. The van der Waals surface area contributed by atoms with Crippen LogP contribution >= 0.6 is 15.9 Å². The maximum absolute atomic E-state index is 12.3. The Morgan fingerprint density at radius 3 is 2.87 bits per heavy atom. The summed E-state index contributed by atoms with van der Waals surface area (Å²) in [6.07, 6.45) is 4.57. The Morgan fingerprint density at radius 2 is 2.17 bits per heavy atom. The molecule has 0 bridgehead atoms. The van der Waals surface area contributed by atoms with E-state index in [9.17, 15) is 4.79 Å². The molecule has 1 fully saturated rings. The van der Waals surface area contributed by atoms with Crippen LogP contribution in [0.1, 0.15) is 18.4 Å². The van der Waals surface area contributed by atoms with Crippen LogP contribution < -0.4 is 11.1 Å². The summed E-state index contributed by atoms with van der Waals surface area (Å²) in [5.41, 5.74) is 6.70. The standard InChI is InChI=1S/C16H19BrN4O2/c17-12-3-1-11(2-4-12)10-21-8-7-19-16(21)20-15(22)14-6-5-13(9-18)23-14/h1-4,7-8,13-14H,5-6,9-10,18H2,(H,19,20,22)/t13-,14+/m1/s1. The van der Waals surface area contributed by atoms with Crippen LogP contribution in [0.2, 0.25) is 0 Å². The Bertz CT molecular complexity index is 671. The Hall–Kier alpha value is -1.70. The number of aromatic nitrogens is 2. The van der Waals surface area contributed by atoms with E-state index < -0.39 is 6.10 Å². The smallest absolute Gasteiger partial charge is 0.255 e. The lowest BCUT2D eigenvalue weighted by atomic mass is 10.2. The van der Waals surface area contributed by atoms with E-state index in [0.29, 0.717) is 25.5 Å². The van der Waals surface area contributed by atoms with Crippen LogP contribution in [-0.4, -0.2) is 34.2 Å². The van der Waals surface area contributed by atoms with E-state index in [-0.39, 0.29) is 12.0 Å². The van der Waals surface area contributed by atoms with E-state index in [0.717, 1.165) is 16.5 Å². The largest absolute Gasteiger partial charge is 0.364 e. The summed E-state index contributed by atoms with van der Waals surface area (Å²) in [5, 5.41) is 2.85. The number of benzene rings is 1. The zero-order chi connectivity index (χ0) is 16.2. The fourth-order valence-electron chi connectivity index (χ4n) is 2.61. The van der Waals surface area contributed by atoms with Crippen molar-refractivity contribution in [3.8, 4) is 0 Å². The minimum Gasteiger partial charge on any atom is -0.364 e. The zero-order valence-electron chi connectivity index (χ0n) is 12.6. The van der Waals surface area contributed by atoms with Crippen LogP contribution in [0.3, 0.4) is 0 Å². The summed E-state index contributed by atoms with van der Waals surface area (Å²) in [7, 11) is 0. The highest BCUT2D eigenvalue weighted by atomic mass is 79.9. The number of nitrogens with two attached hydrogens (primary N) is 1. The van der Waals surface area contributed by atoms with Crippen LogP contribution in [0.5, 0.6) is 0 Å². The molecule has 3 rings (SSSR count). The second-order valence-corrected chi connectivity index (χ2v) is 6.47. The van der Waals surface area contributed by atoms with Crippen molar-refractivity contribution in [2.75, 3.05) is 11.9 Å². The molecule has 0 aliphatic carbocycles. The molecule has 2 atom stereocenters. The van der Waals surface area contributed by atoms with Crippen molar-refractivity contribution in [2.45, 2.75) is 31.6 Å². The summed E-state index contributed by atoms with van der Waals surface area (Å²) in [5.74, 6) is 0.363. The van der Waals surface area contributed by atoms with Gasteiger partial charge in [0.1, 0.15) is 6.10 Å². The second-order valence-electron chi connectivity index (χ2n) is 5.55. The zero-order valence-corrected chi connectivity index (χ0v) is 14.2. The Kier molecular flexibility index (Phi) is 5.09. The molecule has 0 saturated carbocycles. The SMILES string of the molecule is NC[C@H]1CC[C@@H](C(=O)Nc2nccn2Cc2ccc(Br)cc2)O1. The summed E-state index contributed by atoms with van der Waals surface area (Å²) < 4.78 is 8.55. The average Bonchev–Trinajstić information content (AvgIpc) is 3.19.